The van der Waals surface area contributed by atoms with E-state index < -0.39 is 5.41 Å². The molecule has 6 heteroatoms. The SMILES string of the molecule is Cc1ocnc1C(=O)N1CCCC2(CCCN(c3ccccc3)C2=O)C1. The summed E-state index contributed by atoms with van der Waals surface area (Å²) in [7, 11) is 0. The van der Waals surface area contributed by atoms with Crippen molar-refractivity contribution >= 4 is 17.5 Å². The molecule has 2 aliphatic heterocycles. The first-order valence-corrected chi connectivity index (χ1v) is 9.17. The number of aromatic nitrogens is 1. The van der Waals surface area contributed by atoms with Gasteiger partial charge in [-0.25, -0.2) is 4.98 Å². The standard InChI is InChI=1S/C20H23N3O3/c1-15-17(21-14-26-15)18(24)22-11-5-9-20(13-22)10-6-12-23(19(20)25)16-7-3-2-4-8-16/h2-4,7-8,14H,5-6,9-13H2,1H3. The average Bonchev–Trinajstić information content (AvgIpc) is 3.10. The second-order valence-corrected chi connectivity index (χ2v) is 7.26. The number of carbonyl (C=O) groups is 2. The molecule has 2 aliphatic rings. The van der Waals surface area contributed by atoms with Gasteiger partial charge in [-0.3, -0.25) is 9.59 Å². The van der Waals surface area contributed by atoms with Gasteiger partial charge in [0.2, 0.25) is 5.91 Å². The van der Waals surface area contributed by atoms with Crippen molar-refractivity contribution in [3.05, 3.63) is 48.2 Å². The molecule has 0 aliphatic carbocycles. The molecule has 2 saturated heterocycles. The van der Waals surface area contributed by atoms with Crippen molar-refractivity contribution < 1.29 is 14.0 Å². The highest BCUT2D eigenvalue weighted by molar-refractivity contribution is 5.99. The first-order chi connectivity index (χ1) is 12.6. The molecule has 0 bridgehead atoms. The van der Waals surface area contributed by atoms with Gasteiger partial charge >= 0.3 is 0 Å². The van der Waals surface area contributed by atoms with Crippen LogP contribution in [0.2, 0.25) is 0 Å². The Kier molecular flexibility index (Phi) is 4.26. The van der Waals surface area contributed by atoms with Crippen molar-refractivity contribution in [1.29, 1.82) is 0 Å². The number of rotatable bonds is 2. The summed E-state index contributed by atoms with van der Waals surface area (Å²) < 4.78 is 5.18. The van der Waals surface area contributed by atoms with E-state index in [9.17, 15) is 9.59 Å². The highest BCUT2D eigenvalue weighted by Crippen LogP contribution is 2.41. The van der Waals surface area contributed by atoms with Gasteiger partial charge in [0.05, 0.1) is 5.41 Å². The molecule has 0 saturated carbocycles. The minimum Gasteiger partial charge on any atom is -0.448 e. The number of hydrogen-bond donors (Lipinski definition) is 0. The largest absolute Gasteiger partial charge is 0.448 e. The lowest BCUT2D eigenvalue weighted by atomic mass is 9.72. The average molecular weight is 353 g/mol. The van der Waals surface area contributed by atoms with Crippen molar-refractivity contribution in [2.75, 3.05) is 24.5 Å². The Balaban J connectivity index is 1.58. The molecule has 2 aromatic rings. The summed E-state index contributed by atoms with van der Waals surface area (Å²) in [5.41, 5.74) is 0.803. The number of amides is 2. The maximum atomic E-state index is 13.4. The van der Waals surface area contributed by atoms with Crippen LogP contribution in [0.3, 0.4) is 0 Å². The Morgan fingerprint density at radius 1 is 1.15 bits per heavy atom. The number of benzene rings is 1. The molecule has 1 spiro atoms. The van der Waals surface area contributed by atoms with Crippen LogP contribution in [-0.2, 0) is 4.79 Å². The van der Waals surface area contributed by atoms with Crippen LogP contribution < -0.4 is 4.90 Å². The smallest absolute Gasteiger partial charge is 0.276 e. The summed E-state index contributed by atoms with van der Waals surface area (Å²) in [6.45, 7) is 3.59. The van der Waals surface area contributed by atoms with Gasteiger partial charge in [-0.2, -0.15) is 0 Å². The molecular formula is C20H23N3O3. The lowest BCUT2D eigenvalue weighted by Crippen LogP contribution is -2.57. The minimum absolute atomic E-state index is 0.139. The van der Waals surface area contributed by atoms with E-state index in [1.165, 1.54) is 6.39 Å². The van der Waals surface area contributed by atoms with Gasteiger partial charge in [0.15, 0.2) is 12.1 Å². The number of carbonyl (C=O) groups excluding carboxylic acids is 2. The number of piperidine rings is 2. The van der Waals surface area contributed by atoms with Gasteiger partial charge in [0, 0.05) is 25.3 Å². The third-order valence-electron chi connectivity index (χ3n) is 5.62. The van der Waals surface area contributed by atoms with Gasteiger partial charge in [0.25, 0.3) is 5.91 Å². The molecule has 3 heterocycles. The number of likely N-dealkylation sites (tertiary alicyclic amines) is 1. The first kappa shape index (κ1) is 16.8. The first-order valence-electron chi connectivity index (χ1n) is 9.17. The van der Waals surface area contributed by atoms with Crippen LogP contribution in [0.15, 0.2) is 41.1 Å². The second kappa shape index (κ2) is 6.59. The number of nitrogens with zero attached hydrogens (tertiary/aromatic N) is 3. The van der Waals surface area contributed by atoms with E-state index in [1.807, 2.05) is 35.2 Å². The Labute approximate surface area is 152 Å². The van der Waals surface area contributed by atoms with E-state index in [2.05, 4.69) is 4.98 Å². The van der Waals surface area contributed by atoms with Crippen LogP contribution >= 0.6 is 0 Å². The summed E-state index contributed by atoms with van der Waals surface area (Å²) in [6, 6.07) is 9.81. The Morgan fingerprint density at radius 3 is 2.58 bits per heavy atom. The fourth-order valence-corrected chi connectivity index (χ4v) is 4.27. The Bertz CT molecular complexity index is 813. The highest BCUT2D eigenvalue weighted by Gasteiger charge is 2.48. The van der Waals surface area contributed by atoms with Crippen LogP contribution in [0.1, 0.15) is 41.9 Å². The number of oxazole rings is 1. The van der Waals surface area contributed by atoms with Gasteiger partial charge < -0.3 is 14.2 Å². The molecule has 1 aromatic carbocycles. The van der Waals surface area contributed by atoms with Crippen molar-refractivity contribution in [2.45, 2.75) is 32.6 Å². The van der Waals surface area contributed by atoms with Crippen molar-refractivity contribution in [3.63, 3.8) is 0 Å². The molecule has 1 unspecified atom stereocenters. The zero-order valence-corrected chi connectivity index (χ0v) is 15.0. The normalized spacial score (nSPS) is 23.5. The lowest BCUT2D eigenvalue weighted by molar-refractivity contribution is -0.133. The minimum atomic E-state index is -0.486. The summed E-state index contributed by atoms with van der Waals surface area (Å²) in [5, 5.41) is 0. The fourth-order valence-electron chi connectivity index (χ4n) is 4.27. The number of para-hydroxylation sites is 1. The predicted molar refractivity (Wildman–Crippen MR) is 96.8 cm³/mol. The molecule has 1 atom stereocenters. The quantitative estimate of drug-likeness (QED) is 0.832. The number of anilines is 1. The van der Waals surface area contributed by atoms with Crippen molar-refractivity contribution in [3.8, 4) is 0 Å². The van der Waals surface area contributed by atoms with Crippen LogP contribution in [0.5, 0.6) is 0 Å². The summed E-state index contributed by atoms with van der Waals surface area (Å²) in [5.74, 6) is 0.528. The molecule has 26 heavy (non-hydrogen) atoms. The second-order valence-electron chi connectivity index (χ2n) is 7.26. The van der Waals surface area contributed by atoms with Crippen LogP contribution in [0, 0.1) is 12.3 Å². The zero-order chi connectivity index (χ0) is 18.1. The van der Waals surface area contributed by atoms with E-state index in [-0.39, 0.29) is 11.8 Å². The van der Waals surface area contributed by atoms with Crippen LogP contribution in [0.25, 0.3) is 0 Å². The molecule has 2 amide bonds. The lowest BCUT2D eigenvalue weighted by Gasteiger charge is -2.47. The summed E-state index contributed by atoms with van der Waals surface area (Å²) in [4.78, 5) is 33.9. The van der Waals surface area contributed by atoms with E-state index >= 15 is 0 Å². The van der Waals surface area contributed by atoms with Gasteiger partial charge in [-0.1, -0.05) is 18.2 Å². The van der Waals surface area contributed by atoms with E-state index in [1.54, 1.807) is 11.8 Å². The molecule has 0 radical (unpaired) electrons. The van der Waals surface area contributed by atoms with Gasteiger partial charge in [-0.05, 0) is 44.7 Å². The van der Waals surface area contributed by atoms with Gasteiger partial charge in [-0.15, -0.1) is 0 Å². The maximum absolute atomic E-state index is 13.4. The topological polar surface area (TPSA) is 66.7 Å². The summed E-state index contributed by atoms with van der Waals surface area (Å²) >= 11 is 0. The molecule has 6 nitrogen and oxygen atoms in total. The maximum Gasteiger partial charge on any atom is 0.276 e. The fraction of sp³-hybridized carbons (Fsp3) is 0.450. The Morgan fingerprint density at radius 2 is 1.88 bits per heavy atom. The van der Waals surface area contributed by atoms with E-state index in [0.29, 0.717) is 24.5 Å². The third-order valence-corrected chi connectivity index (χ3v) is 5.62. The molecule has 1 aromatic heterocycles. The van der Waals surface area contributed by atoms with Crippen molar-refractivity contribution in [1.82, 2.24) is 9.88 Å². The van der Waals surface area contributed by atoms with Crippen LogP contribution in [-0.4, -0.2) is 41.3 Å². The van der Waals surface area contributed by atoms with Crippen LogP contribution in [0.4, 0.5) is 5.69 Å². The summed E-state index contributed by atoms with van der Waals surface area (Å²) in [6.07, 6.45) is 4.74. The predicted octanol–water partition coefficient (Wildman–Crippen LogP) is 3.03. The van der Waals surface area contributed by atoms with Gasteiger partial charge in [0.1, 0.15) is 5.76 Å². The highest BCUT2D eigenvalue weighted by atomic mass is 16.3. The van der Waals surface area contributed by atoms with E-state index in [0.717, 1.165) is 37.9 Å². The number of hydrogen-bond acceptors (Lipinski definition) is 4. The molecule has 2 fully saturated rings. The molecule has 136 valence electrons. The number of aryl methyl sites for hydroxylation is 1. The monoisotopic (exact) mass is 353 g/mol. The molecular weight excluding hydrogens is 330 g/mol. The Hall–Kier alpha value is -2.63. The molecule has 0 N–H and O–H groups in total. The third kappa shape index (κ3) is 2.79. The van der Waals surface area contributed by atoms with Crippen molar-refractivity contribution in [2.24, 2.45) is 5.41 Å². The zero-order valence-electron chi connectivity index (χ0n) is 15.0. The molecule has 4 rings (SSSR count). The van der Waals surface area contributed by atoms with E-state index in [4.69, 9.17) is 4.42 Å².